The first-order valence-electron chi connectivity index (χ1n) is 9.91. The van der Waals surface area contributed by atoms with E-state index in [0.29, 0.717) is 0 Å². The van der Waals surface area contributed by atoms with Crippen LogP contribution >= 0.6 is 0 Å². The van der Waals surface area contributed by atoms with Crippen molar-refractivity contribution in [2.45, 2.75) is 10.9 Å². The number of aromatic nitrogens is 1. The van der Waals surface area contributed by atoms with Crippen molar-refractivity contribution >= 4 is 29.1 Å². The predicted octanol–water partition coefficient (Wildman–Crippen LogP) is 3.22. The van der Waals surface area contributed by atoms with Crippen molar-refractivity contribution in [2.24, 2.45) is 7.05 Å². The zero-order valence-electron chi connectivity index (χ0n) is 16.3. The number of hydrogen-bond acceptors (Lipinski definition) is 0. The van der Waals surface area contributed by atoms with Gasteiger partial charge in [0.05, 0.1) is 0 Å². The molecule has 0 amide bonds. The normalized spacial score (nSPS) is 11.3. The Kier molecular flexibility index (Phi) is 5.92. The van der Waals surface area contributed by atoms with E-state index in [0.717, 1.165) is 6.42 Å². The quantitative estimate of drug-likeness (QED) is 0.301. The van der Waals surface area contributed by atoms with Gasteiger partial charge in [0.1, 0.15) is 0 Å². The van der Waals surface area contributed by atoms with Crippen LogP contribution in [0.4, 0.5) is 0 Å². The van der Waals surface area contributed by atoms with E-state index in [1.165, 1.54) is 10.1 Å². The molecule has 0 atom stereocenters. The molecule has 28 heavy (non-hydrogen) atoms. The van der Waals surface area contributed by atoms with Crippen molar-refractivity contribution in [1.29, 1.82) is 0 Å². The Bertz CT molecular complexity index is 917. The van der Waals surface area contributed by atoms with E-state index in [4.69, 9.17) is 0 Å². The van der Waals surface area contributed by atoms with Crippen molar-refractivity contribution in [1.82, 2.24) is 0 Å². The van der Waals surface area contributed by atoms with Crippen molar-refractivity contribution in [3.05, 3.63) is 121 Å². The summed E-state index contributed by atoms with van der Waals surface area (Å²) in [6.07, 6.45) is 3.24. The van der Waals surface area contributed by atoms with Gasteiger partial charge >= 0.3 is 173 Å². The molecule has 4 aromatic rings. The third kappa shape index (κ3) is 3.77. The first-order chi connectivity index (χ1) is 13.8. The zero-order valence-corrected chi connectivity index (χ0v) is 19.2. The Morgan fingerprint density at radius 2 is 1.00 bits per heavy atom. The standard InChI is InChI=1S/C8H11N.3C6H5.Sn/c1-3-8-6-4-5-7-9(8)2;3*1-2-4-6-5-3-1;/h4-7H,1,3H2,2H3;3*1-5H;/q+1;;;;. The molecule has 0 unspecified atom stereocenters. The predicted molar refractivity (Wildman–Crippen MR) is 120 cm³/mol. The van der Waals surface area contributed by atoms with Crippen LogP contribution in [0.25, 0.3) is 0 Å². The van der Waals surface area contributed by atoms with E-state index in [9.17, 15) is 0 Å². The number of rotatable bonds is 6. The Labute approximate surface area is 172 Å². The fraction of sp³-hybridized carbons (Fsp3) is 0.115. The molecule has 0 radical (unpaired) electrons. The van der Waals surface area contributed by atoms with Gasteiger partial charge in [-0.3, -0.25) is 0 Å². The Morgan fingerprint density at radius 3 is 1.43 bits per heavy atom. The average Bonchev–Trinajstić information content (AvgIpc) is 2.78. The Morgan fingerprint density at radius 1 is 0.571 bits per heavy atom. The minimum absolute atomic E-state index is 1.09. The van der Waals surface area contributed by atoms with Crippen LogP contribution in [-0.4, -0.2) is 18.4 Å². The van der Waals surface area contributed by atoms with E-state index in [1.54, 1.807) is 10.7 Å². The first-order valence-corrected chi connectivity index (χ1v) is 16.2. The zero-order chi connectivity index (χ0) is 19.2. The minimum atomic E-state index is -3.14. The molecule has 0 saturated carbocycles. The van der Waals surface area contributed by atoms with E-state index in [-0.39, 0.29) is 0 Å². The van der Waals surface area contributed by atoms with Gasteiger partial charge in [-0.2, -0.15) is 0 Å². The van der Waals surface area contributed by atoms with Crippen molar-refractivity contribution in [2.75, 3.05) is 0 Å². The number of nitrogens with zero attached hydrogens (tertiary/aromatic N) is 1. The molecule has 3 aromatic carbocycles. The van der Waals surface area contributed by atoms with E-state index in [2.05, 4.69) is 127 Å². The summed E-state index contributed by atoms with van der Waals surface area (Å²) in [6.45, 7) is 0. The number of aryl methyl sites for hydroxylation is 2. The Balaban J connectivity index is 1.89. The summed E-state index contributed by atoms with van der Waals surface area (Å²) >= 11 is -3.14. The molecule has 2 heteroatoms. The summed E-state index contributed by atoms with van der Waals surface area (Å²) in [6, 6.07) is 40.3. The molecule has 0 aliphatic rings. The third-order valence-corrected chi connectivity index (χ3v) is 19.9. The molecule has 0 aliphatic carbocycles. The van der Waals surface area contributed by atoms with Crippen molar-refractivity contribution in [3.63, 3.8) is 0 Å². The van der Waals surface area contributed by atoms with Crippen LogP contribution in [0.2, 0.25) is 4.44 Å². The summed E-state index contributed by atoms with van der Waals surface area (Å²) in [4.78, 5) is 0. The van der Waals surface area contributed by atoms with Crippen LogP contribution in [0.1, 0.15) is 5.69 Å². The molecule has 0 N–H and O–H groups in total. The summed E-state index contributed by atoms with van der Waals surface area (Å²) in [5, 5.41) is 0. The molecular formula is C26H26NSn+. The van der Waals surface area contributed by atoms with Crippen LogP contribution in [0, 0.1) is 0 Å². The van der Waals surface area contributed by atoms with Gasteiger partial charge in [0.15, 0.2) is 0 Å². The van der Waals surface area contributed by atoms with Crippen LogP contribution in [0.5, 0.6) is 0 Å². The average molecular weight is 471 g/mol. The number of pyridine rings is 1. The first kappa shape index (κ1) is 18.9. The number of benzene rings is 3. The van der Waals surface area contributed by atoms with Gasteiger partial charge in [-0.1, -0.05) is 0 Å². The topological polar surface area (TPSA) is 3.88 Å². The van der Waals surface area contributed by atoms with Crippen molar-refractivity contribution < 1.29 is 4.57 Å². The third-order valence-electron chi connectivity index (χ3n) is 5.72. The van der Waals surface area contributed by atoms with Gasteiger partial charge < -0.3 is 0 Å². The monoisotopic (exact) mass is 472 g/mol. The second kappa shape index (κ2) is 8.74. The molecular weight excluding hydrogens is 445 g/mol. The van der Waals surface area contributed by atoms with Crippen molar-refractivity contribution in [3.8, 4) is 0 Å². The molecule has 1 aromatic heterocycles. The molecule has 1 nitrogen and oxygen atoms in total. The van der Waals surface area contributed by atoms with E-state index < -0.39 is 18.4 Å². The summed E-state index contributed by atoms with van der Waals surface area (Å²) in [7, 11) is 2.15. The summed E-state index contributed by atoms with van der Waals surface area (Å²) in [5.74, 6) is 0. The van der Waals surface area contributed by atoms with Gasteiger partial charge in [0, 0.05) is 0 Å². The molecule has 0 saturated heterocycles. The van der Waals surface area contributed by atoms with E-state index in [1.807, 2.05) is 0 Å². The van der Waals surface area contributed by atoms with Crippen LogP contribution in [0.3, 0.4) is 0 Å². The molecule has 0 bridgehead atoms. The molecule has 0 fully saturated rings. The fourth-order valence-corrected chi connectivity index (χ4v) is 17.9. The van der Waals surface area contributed by atoms with Gasteiger partial charge in [-0.05, 0) is 0 Å². The SMILES string of the molecule is C[n+]1ccccc1C[CH2][Sn]([c]1ccccc1)([c]1ccccc1)[c]1ccccc1. The summed E-state index contributed by atoms with van der Waals surface area (Å²) in [5.41, 5.74) is 1.39. The Hall–Kier alpha value is -2.39. The molecule has 138 valence electrons. The van der Waals surface area contributed by atoms with Gasteiger partial charge in [-0.25, -0.2) is 0 Å². The van der Waals surface area contributed by atoms with Crippen LogP contribution < -0.4 is 15.3 Å². The van der Waals surface area contributed by atoms with E-state index >= 15 is 0 Å². The fourth-order valence-electron chi connectivity index (χ4n) is 4.24. The van der Waals surface area contributed by atoms with Gasteiger partial charge in [-0.15, -0.1) is 0 Å². The molecule has 1 heterocycles. The molecule has 4 rings (SSSR count). The maximum absolute atomic E-state index is 3.14. The second-order valence-electron chi connectivity index (χ2n) is 7.31. The maximum atomic E-state index is 2.36. The summed E-state index contributed by atoms with van der Waals surface area (Å²) < 4.78 is 8.12. The molecule has 0 spiro atoms. The van der Waals surface area contributed by atoms with Crippen LogP contribution in [0.15, 0.2) is 115 Å². The number of hydrogen-bond donors (Lipinski definition) is 0. The molecule has 0 aliphatic heterocycles. The van der Waals surface area contributed by atoms with Gasteiger partial charge in [0.2, 0.25) is 0 Å². The second-order valence-corrected chi connectivity index (χ2v) is 18.8. The van der Waals surface area contributed by atoms with Gasteiger partial charge in [0.25, 0.3) is 0 Å². The van der Waals surface area contributed by atoms with Crippen LogP contribution in [-0.2, 0) is 13.5 Å².